The van der Waals surface area contributed by atoms with Crippen LogP contribution in [0.1, 0.15) is 63.8 Å². The van der Waals surface area contributed by atoms with Gasteiger partial charge >= 0.3 is 5.63 Å². The van der Waals surface area contributed by atoms with E-state index in [1.54, 1.807) is 24.9 Å². The van der Waals surface area contributed by atoms with Crippen LogP contribution in [0.4, 0.5) is 0 Å². The van der Waals surface area contributed by atoms with Crippen LogP contribution in [0.2, 0.25) is 0 Å². The van der Waals surface area contributed by atoms with Gasteiger partial charge < -0.3 is 14.1 Å². The van der Waals surface area contributed by atoms with Crippen molar-refractivity contribution < 1.29 is 13.9 Å². The number of nitrogens with one attached hydrogen (secondary N) is 1. The Hall–Kier alpha value is -2.41. The number of carbonyl (C=O) groups is 1. The summed E-state index contributed by atoms with van der Waals surface area (Å²) >= 11 is 0. The van der Waals surface area contributed by atoms with Crippen molar-refractivity contribution in [2.75, 3.05) is 20.3 Å². The largest absolute Gasteiger partial charge is 0.427 e. The van der Waals surface area contributed by atoms with Crippen LogP contribution in [-0.4, -0.2) is 41.3 Å². The Kier molecular flexibility index (Phi) is 4.86. The molecule has 1 aliphatic carbocycles. The van der Waals surface area contributed by atoms with Crippen LogP contribution >= 0.6 is 0 Å². The molecule has 0 spiro atoms. The topological polar surface area (TPSA) is 88.4 Å². The fourth-order valence-corrected chi connectivity index (χ4v) is 4.02. The van der Waals surface area contributed by atoms with Gasteiger partial charge in [0.05, 0.1) is 18.8 Å². The first kappa shape index (κ1) is 18.0. The number of aromatic nitrogens is 2. The van der Waals surface area contributed by atoms with Gasteiger partial charge in [-0.2, -0.15) is 5.10 Å². The number of aromatic amines is 1. The third kappa shape index (κ3) is 3.43. The zero-order valence-corrected chi connectivity index (χ0v) is 15.8. The van der Waals surface area contributed by atoms with Crippen molar-refractivity contribution >= 4 is 5.91 Å². The van der Waals surface area contributed by atoms with Gasteiger partial charge in [-0.05, 0) is 56.2 Å². The second kappa shape index (κ2) is 7.31. The van der Waals surface area contributed by atoms with Gasteiger partial charge in [0.2, 0.25) is 0 Å². The Balaban J connectivity index is 1.55. The van der Waals surface area contributed by atoms with Crippen molar-refractivity contribution in [3.63, 3.8) is 0 Å². The number of rotatable bonds is 4. The molecule has 1 saturated heterocycles. The minimum Gasteiger partial charge on any atom is -0.427 e. The van der Waals surface area contributed by atoms with E-state index in [2.05, 4.69) is 10.2 Å². The molecule has 0 saturated carbocycles. The number of carbonyl (C=O) groups excluding carboxylic acids is 1. The van der Waals surface area contributed by atoms with Crippen molar-refractivity contribution in [1.82, 2.24) is 15.1 Å². The molecule has 1 unspecified atom stereocenters. The summed E-state index contributed by atoms with van der Waals surface area (Å²) in [5, 5.41) is 7.48. The first-order valence-corrected chi connectivity index (χ1v) is 9.57. The van der Waals surface area contributed by atoms with Gasteiger partial charge in [-0.3, -0.25) is 9.89 Å². The summed E-state index contributed by atoms with van der Waals surface area (Å²) in [4.78, 5) is 27.0. The van der Waals surface area contributed by atoms with Crippen molar-refractivity contribution in [1.29, 1.82) is 0 Å². The molecule has 1 N–H and O–H groups in total. The Morgan fingerprint density at radius 1 is 1.37 bits per heavy atom. The van der Waals surface area contributed by atoms with Crippen molar-refractivity contribution in [3.8, 4) is 0 Å². The van der Waals surface area contributed by atoms with E-state index in [0.717, 1.165) is 31.4 Å². The minimum atomic E-state index is -0.571. The third-order valence-corrected chi connectivity index (χ3v) is 5.59. The van der Waals surface area contributed by atoms with Gasteiger partial charge in [-0.25, -0.2) is 4.79 Å². The first-order chi connectivity index (χ1) is 13.0. The van der Waals surface area contributed by atoms with E-state index < -0.39 is 5.63 Å². The van der Waals surface area contributed by atoms with Crippen LogP contribution in [-0.2, 0) is 24.1 Å². The Morgan fingerprint density at radius 2 is 2.19 bits per heavy atom. The zero-order chi connectivity index (χ0) is 19.0. The van der Waals surface area contributed by atoms with Gasteiger partial charge in [0, 0.05) is 25.3 Å². The number of fused-ring (bicyclic) bond motifs is 1. The summed E-state index contributed by atoms with van der Waals surface area (Å²) < 4.78 is 10.8. The van der Waals surface area contributed by atoms with Crippen LogP contribution in [0.3, 0.4) is 0 Å². The lowest BCUT2D eigenvalue weighted by Crippen LogP contribution is -2.32. The smallest absolute Gasteiger partial charge is 0.349 e. The SMILES string of the molecule is Cc1cc(C2CCOC2)oc(=O)c1C(=O)N(C)Cc1n[nH]c2c1CCCC2. The second-order valence-corrected chi connectivity index (χ2v) is 7.55. The number of aryl methyl sites for hydroxylation is 2. The average molecular weight is 371 g/mol. The van der Waals surface area contributed by atoms with Gasteiger partial charge in [0.25, 0.3) is 5.91 Å². The highest BCUT2D eigenvalue weighted by Gasteiger charge is 2.26. The van der Waals surface area contributed by atoms with Crippen LogP contribution in [0.25, 0.3) is 0 Å². The van der Waals surface area contributed by atoms with Gasteiger partial charge in [-0.1, -0.05) is 0 Å². The van der Waals surface area contributed by atoms with E-state index in [1.165, 1.54) is 17.7 Å². The fourth-order valence-electron chi connectivity index (χ4n) is 4.02. The average Bonchev–Trinajstić information content (AvgIpc) is 3.31. The van der Waals surface area contributed by atoms with Crippen molar-refractivity contribution in [2.45, 2.75) is 51.5 Å². The van der Waals surface area contributed by atoms with Crippen LogP contribution in [0.15, 0.2) is 15.3 Å². The second-order valence-electron chi connectivity index (χ2n) is 7.55. The molecule has 0 radical (unpaired) electrons. The fraction of sp³-hybridized carbons (Fsp3) is 0.550. The summed E-state index contributed by atoms with van der Waals surface area (Å²) in [6.07, 6.45) is 5.14. The van der Waals surface area contributed by atoms with Crippen LogP contribution < -0.4 is 5.63 Å². The highest BCUT2D eigenvalue weighted by Crippen LogP contribution is 2.26. The van der Waals surface area contributed by atoms with Crippen molar-refractivity contribution in [3.05, 3.63) is 50.3 Å². The number of hydrogen-bond donors (Lipinski definition) is 1. The van der Waals surface area contributed by atoms with E-state index in [4.69, 9.17) is 9.15 Å². The highest BCUT2D eigenvalue weighted by molar-refractivity contribution is 5.94. The van der Waals surface area contributed by atoms with E-state index in [-0.39, 0.29) is 17.4 Å². The number of ether oxygens (including phenoxy) is 1. The van der Waals surface area contributed by atoms with E-state index >= 15 is 0 Å². The van der Waals surface area contributed by atoms with E-state index in [9.17, 15) is 9.59 Å². The molecule has 1 amide bonds. The lowest BCUT2D eigenvalue weighted by Gasteiger charge is -2.19. The standard InChI is InChI=1S/C20H25N3O4/c1-12-9-17(13-7-8-26-11-13)27-20(25)18(12)19(24)23(2)10-16-14-5-3-4-6-15(14)21-22-16/h9,13H,3-8,10-11H2,1-2H3,(H,21,22). The molecule has 0 aromatic carbocycles. The van der Waals surface area contributed by atoms with Gasteiger partial charge in [0.1, 0.15) is 11.3 Å². The number of nitrogens with zero attached hydrogens (tertiary/aromatic N) is 2. The Bertz CT molecular complexity index is 908. The summed E-state index contributed by atoms with van der Waals surface area (Å²) in [6, 6.07) is 1.80. The monoisotopic (exact) mass is 371 g/mol. The summed E-state index contributed by atoms with van der Waals surface area (Å²) in [5.74, 6) is 0.368. The highest BCUT2D eigenvalue weighted by atomic mass is 16.5. The molecule has 144 valence electrons. The molecule has 7 nitrogen and oxygen atoms in total. The minimum absolute atomic E-state index is 0.0915. The Labute approximate surface area is 157 Å². The summed E-state index contributed by atoms with van der Waals surface area (Å²) in [6.45, 7) is 3.39. The van der Waals surface area contributed by atoms with E-state index in [0.29, 0.717) is 31.1 Å². The van der Waals surface area contributed by atoms with Crippen LogP contribution in [0, 0.1) is 6.92 Å². The van der Waals surface area contributed by atoms with Crippen LogP contribution in [0.5, 0.6) is 0 Å². The normalized spacial score (nSPS) is 19.1. The predicted octanol–water partition coefficient (Wildman–Crippen LogP) is 2.33. The molecule has 4 rings (SSSR count). The quantitative estimate of drug-likeness (QED) is 0.891. The lowest BCUT2D eigenvalue weighted by atomic mass is 9.96. The molecule has 1 atom stereocenters. The molecule has 2 aromatic heterocycles. The molecule has 1 fully saturated rings. The molecule has 3 heterocycles. The third-order valence-electron chi connectivity index (χ3n) is 5.59. The molecular weight excluding hydrogens is 346 g/mol. The van der Waals surface area contributed by atoms with Gasteiger partial charge in [-0.15, -0.1) is 0 Å². The summed E-state index contributed by atoms with van der Waals surface area (Å²) in [7, 11) is 1.70. The Morgan fingerprint density at radius 3 is 2.93 bits per heavy atom. The molecule has 1 aliphatic heterocycles. The lowest BCUT2D eigenvalue weighted by molar-refractivity contribution is 0.0777. The first-order valence-electron chi connectivity index (χ1n) is 9.57. The molecule has 27 heavy (non-hydrogen) atoms. The number of amides is 1. The predicted molar refractivity (Wildman–Crippen MR) is 98.9 cm³/mol. The maximum absolute atomic E-state index is 12.9. The van der Waals surface area contributed by atoms with Crippen molar-refractivity contribution in [2.24, 2.45) is 0 Å². The molecule has 0 bridgehead atoms. The van der Waals surface area contributed by atoms with Gasteiger partial charge in [0.15, 0.2) is 0 Å². The molecular formula is C20H25N3O4. The van der Waals surface area contributed by atoms with E-state index in [1.807, 2.05) is 0 Å². The number of hydrogen-bond acceptors (Lipinski definition) is 5. The maximum Gasteiger partial charge on any atom is 0.349 e. The summed E-state index contributed by atoms with van der Waals surface area (Å²) in [5.41, 5.74) is 3.47. The molecule has 2 aromatic rings. The maximum atomic E-state index is 12.9. The molecule has 2 aliphatic rings. The number of H-pyrrole nitrogens is 1. The molecule has 7 heteroatoms. The zero-order valence-electron chi connectivity index (χ0n) is 15.8.